The van der Waals surface area contributed by atoms with E-state index < -0.39 is 0 Å². The maximum Gasteiger partial charge on any atom is 0.251 e. The Hall–Kier alpha value is -2.34. The van der Waals surface area contributed by atoms with Crippen molar-refractivity contribution < 1.29 is 14.3 Å². The van der Waals surface area contributed by atoms with E-state index in [2.05, 4.69) is 21.2 Å². The molecule has 1 fully saturated rings. The van der Waals surface area contributed by atoms with Gasteiger partial charge in [0, 0.05) is 24.2 Å². The molecule has 6 heteroatoms. The van der Waals surface area contributed by atoms with Crippen LogP contribution in [0.5, 0.6) is 5.75 Å². The van der Waals surface area contributed by atoms with E-state index >= 15 is 0 Å². The minimum atomic E-state index is -0.149. The highest BCUT2D eigenvalue weighted by molar-refractivity contribution is 9.10. The van der Waals surface area contributed by atoms with Gasteiger partial charge in [-0.1, -0.05) is 6.07 Å². The molecule has 0 radical (unpaired) electrons. The summed E-state index contributed by atoms with van der Waals surface area (Å²) in [4.78, 5) is 26.1. The number of amides is 2. The average Bonchev–Trinajstić information content (AvgIpc) is 3.07. The Kier molecular flexibility index (Phi) is 5.61. The Bertz CT molecular complexity index is 820. The predicted octanol–water partition coefficient (Wildman–Crippen LogP) is 4.08. The fraction of sp³-hybridized carbons (Fsp3) is 0.300. The van der Waals surface area contributed by atoms with Crippen molar-refractivity contribution in [2.45, 2.75) is 25.8 Å². The van der Waals surface area contributed by atoms with Gasteiger partial charge in [-0.3, -0.25) is 9.59 Å². The van der Waals surface area contributed by atoms with Gasteiger partial charge in [-0.25, -0.2) is 0 Å². The van der Waals surface area contributed by atoms with Gasteiger partial charge in [-0.05, 0) is 71.2 Å². The number of ether oxygens (including phenoxy) is 1. The van der Waals surface area contributed by atoms with Crippen molar-refractivity contribution in [3.63, 3.8) is 0 Å². The molecule has 1 atom stereocenters. The molecule has 1 aliphatic rings. The third-order valence-electron chi connectivity index (χ3n) is 4.54. The van der Waals surface area contributed by atoms with Crippen LogP contribution in [0.2, 0.25) is 0 Å². The van der Waals surface area contributed by atoms with Crippen LogP contribution in [0.25, 0.3) is 0 Å². The van der Waals surface area contributed by atoms with E-state index in [1.54, 1.807) is 24.1 Å². The van der Waals surface area contributed by atoms with Crippen molar-refractivity contribution in [2.24, 2.45) is 0 Å². The number of hydrogen-bond donors (Lipinski definition) is 1. The van der Waals surface area contributed by atoms with Crippen LogP contribution < -0.4 is 15.0 Å². The first-order chi connectivity index (χ1) is 12.5. The molecule has 1 aliphatic heterocycles. The standard InChI is InChI=1S/C20H21BrN2O3/c1-13(15-7-10-18(26-2)17(21)12-15)22-20(25)14-5-8-16(9-6-14)23-11-3-4-19(23)24/h5-10,12-13H,3-4,11H2,1-2H3,(H,22,25)/t13-/m0/s1. The molecule has 136 valence electrons. The van der Waals surface area contributed by atoms with E-state index in [-0.39, 0.29) is 17.9 Å². The third-order valence-corrected chi connectivity index (χ3v) is 5.16. The lowest BCUT2D eigenvalue weighted by Gasteiger charge is -2.17. The highest BCUT2D eigenvalue weighted by atomic mass is 79.9. The minimum Gasteiger partial charge on any atom is -0.496 e. The number of anilines is 1. The number of halogens is 1. The summed E-state index contributed by atoms with van der Waals surface area (Å²) >= 11 is 3.46. The maximum atomic E-state index is 12.5. The summed E-state index contributed by atoms with van der Waals surface area (Å²) in [6.45, 7) is 2.68. The zero-order chi connectivity index (χ0) is 18.7. The summed E-state index contributed by atoms with van der Waals surface area (Å²) in [5, 5.41) is 2.99. The summed E-state index contributed by atoms with van der Waals surface area (Å²) in [5.74, 6) is 0.740. The second kappa shape index (κ2) is 7.91. The van der Waals surface area contributed by atoms with Crippen LogP contribution in [0.4, 0.5) is 5.69 Å². The van der Waals surface area contributed by atoms with Crippen LogP contribution in [-0.4, -0.2) is 25.5 Å². The van der Waals surface area contributed by atoms with Gasteiger partial charge < -0.3 is 15.0 Å². The van der Waals surface area contributed by atoms with E-state index in [0.29, 0.717) is 12.0 Å². The van der Waals surface area contributed by atoms with Gasteiger partial charge in [-0.15, -0.1) is 0 Å². The van der Waals surface area contributed by atoms with E-state index in [0.717, 1.165) is 34.4 Å². The molecule has 0 bridgehead atoms. The van der Waals surface area contributed by atoms with Gasteiger partial charge in [0.2, 0.25) is 5.91 Å². The van der Waals surface area contributed by atoms with Gasteiger partial charge in [0.1, 0.15) is 5.75 Å². The number of nitrogens with zero attached hydrogens (tertiary/aromatic N) is 1. The molecule has 2 amide bonds. The highest BCUT2D eigenvalue weighted by Gasteiger charge is 2.22. The first-order valence-electron chi connectivity index (χ1n) is 8.54. The van der Waals surface area contributed by atoms with Crippen molar-refractivity contribution >= 4 is 33.4 Å². The summed E-state index contributed by atoms with van der Waals surface area (Å²) in [6.07, 6.45) is 1.48. The highest BCUT2D eigenvalue weighted by Crippen LogP contribution is 2.28. The van der Waals surface area contributed by atoms with Crippen LogP contribution in [0.15, 0.2) is 46.9 Å². The first-order valence-corrected chi connectivity index (χ1v) is 9.33. The molecular weight excluding hydrogens is 396 g/mol. The zero-order valence-electron chi connectivity index (χ0n) is 14.8. The fourth-order valence-corrected chi connectivity index (χ4v) is 3.59. The molecule has 0 aliphatic carbocycles. The van der Waals surface area contributed by atoms with Gasteiger partial charge in [0.05, 0.1) is 17.6 Å². The number of carbonyl (C=O) groups is 2. The average molecular weight is 417 g/mol. The van der Waals surface area contributed by atoms with Crippen molar-refractivity contribution in [2.75, 3.05) is 18.6 Å². The number of benzene rings is 2. The summed E-state index contributed by atoms with van der Waals surface area (Å²) in [6, 6.07) is 12.7. The summed E-state index contributed by atoms with van der Waals surface area (Å²) in [5.41, 5.74) is 2.39. The largest absolute Gasteiger partial charge is 0.496 e. The van der Waals surface area contributed by atoms with E-state index in [4.69, 9.17) is 4.74 Å². The first kappa shape index (κ1) is 18.5. The van der Waals surface area contributed by atoms with Crippen molar-refractivity contribution in [1.29, 1.82) is 0 Å². The molecule has 0 aromatic heterocycles. The van der Waals surface area contributed by atoms with Crippen molar-refractivity contribution in [3.05, 3.63) is 58.1 Å². The van der Waals surface area contributed by atoms with Gasteiger partial charge >= 0.3 is 0 Å². The van der Waals surface area contributed by atoms with Crippen LogP contribution in [0, 0.1) is 0 Å². The molecule has 1 N–H and O–H groups in total. The molecule has 0 unspecified atom stereocenters. The van der Waals surface area contributed by atoms with Crippen LogP contribution in [0.1, 0.15) is 41.7 Å². The van der Waals surface area contributed by atoms with E-state index in [9.17, 15) is 9.59 Å². The second-order valence-corrected chi connectivity index (χ2v) is 7.14. The Morgan fingerprint density at radius 3 is 2.54 bits per heavy atom. The molecule has 0 spiro atoms. The van der Waals surface area contributed by atoms with Gasteiger partial charge in [-0.2, -0.15) is 0 Å². The fourth-order valence-electron chi connectivity index (χ4n) is 3.03. The molecule has 26 heavy (non-hydrogen) atoms. The number of carbonyl (C=O) groups excluding carboxylic acids is 2. The lowest BCUT2D eigenvalue weighted by molar-refractivity contribution is -0.117. The van der Waals surface area contributed by atoms with E-state index in [1.165, 1.54) is 0 Å². The topological polar surface area (TPSA) is 58.6 Å². The van der Waals surface area contributed by atoms with Crippen LogP contribution >= 0.6 is 15.9 Å². The molecule has 2 aromatic carbocycles. The molecule has 0 saturated carbocycles. The smallest absolute Gasteiger partial charge is 0.251 e. The lowest BCUT2D eigenvalue weighted by Crippen LogP contribution is -2.27. The number of nitrogens with one attached hydrogen (secondary N) is 1. The normalized spacial score (nSPS) is 15.0. The summed E-state index contributed by atoms with van der Waals surface area (Å²) < 4.78 is 6.07. The molecule has 2 aromatic rings. The van der Waals surface area contributed by atoms with Crippen molar-refractivity contribution in [3.8, 4) is 5.75 Å². The lowest BCUT2D eigenvalue weighted by atomic mass is 10.1. The maximum absolute atomic E-state index is 12.5. The van der Waals surface area contributed by atoms with Crippen molar-refractivity contribution in [1.82, 2.24) is 5.32 Å². The Morgan fingerprint density at radius 1 is 1.23 bits per heavy atom. The third kappa shape index (κ3) is 3.90. The Labute approximate surface area is 161 Å². The monoisotopic (exact) mass is 416 g/mol. The number of methoxy groups -OCH3 is 1. The molecule has 1 saturated heterocycles. The zero-order valence-corrected chi connectivity index (χ0v) is 16.4. The Morgan fingerprint density at radius 2 is 1.96 bits per heavy atom. The van der Waals surface area contributed by atoms with Crippen LogP contribution in [0.3, 0.4) is 0 Å². The number of hydrogen-bond acceptors (Lipinski definition) is 3. The molecule has 1 heterocycles. The number of rotatable bonds is 5. The predicted molar refractivity (Wildman–Crippen MR) is 105 cm³/mol. The van der Waals surface area contributed by atoms with Crippen LogP contribution in [-0.2, 0) is 4.79 Å². The molecular formula is C20H21BrN2O3. The SMILES string of the molecule is COc1ccc([C@H](C)NC(=O)c2ccc(N3CCCC3=O)cc2)cc1Br. The van der Waals surface area contributed by atoms with Gasteiger partial charge in [0.15, 0.2) is 0 Å². The molecule has 3 rings (SSSR count). The quantitative estimate of drug-likeness (QED) is 0.798. The molecule has 5 nitrogen and oxygen atoms in total. The van der Waals surface area contributed by atoms with E-state index in [1.807, 2.05) is 37.3 Å². The second-order valence-electron chi connectivity index (χ2n) is 6.28. The van der Waals surface area contributed by atoms with Gasteiger partial charge in [0.25, 0.3) is 5.91 Å². The minimum absolute atomic E-state index is 0.140. The Balaban J connectivity index is 1.67. The summed E-state index contributed by atoms with van der Waals surface area (Å²) in [7, 11) is 1.62.